The van der Waals surface area contributed by atoms with E-state index in [2.05, 4.69) is 5.32 Å². The number of amides is 1. The van der Waals surface area contributed by atoms with Crippen molar-refractivity contribution in [3.05, 3.63) is 0 Å². The first-order chi connectivity index (χ1) is 10.4. The molecule has 138 valence electrons. The van der Waals surface area contributed by atoms with Gasteiger partial charge in [-0.15, -0.1) is 0 Å². The summed E-state index contributed by atoms with van der Waals surface area (Å²) < 4.78 is 51.2. The van der Waals surface area contributed by atoms with Crippen molar-refractivity contribution in [2.24, 2.45) is 0 Å². The molecule has 0 saturated carbocycles. The van der Waals surface area contributed by atoms with E-state index < -0.39 is 34.6 Å². The van der Waals surface area contributed by atoms with E-state index in [-0.39, 0.29) is 31.9 Å². The van der Waals surface area contributed by atoms with Crippen molar-refractivity contribution >= 4 is 23.5 Å². The largest absolute Gasteiger partial charge is 0.444 e. The van der Waals surface area contributed by atoms with Crippen LogP contribution >= 0.6 is 7.60 Å². The number of carbonyl (C=O) groups is 1. The van der Waals surface area contributed by atoms with Crippen molar-refractivity contribution in [3.8, 4) is 0 Å². The summed E-state index contributed by atoms with van der Waals surface area (Å²) in [7, 11) is -7.26. The van der Waals surface area contributed by atoms with Crippen molar-refractivity contribution in [2.75, 3.05) is 31.0 Å². The molecule has 0 aromatic rings. The molecule has 0 atom stereocenters. The van der Waals surface area contributed by atoms with Crippen molar-refractivity contribution in [1.82, 2.24) is 5.32 Å². The third-order valence-electron chi connectivity index (χ3n) is 2.31. The summed E-state index contributed by atoms with van der Waals surface area (Å²) in [6.07, 6.45) is -0.427. The molecule has 1 N–H and O–H groups in total. The van der Waals surface area contributed by atoms with Crippen LogP contribution in [-0.2, 0) is 28.2 Å². The maximum Gasteiger partial charge on any atom is 0.407 e. The zero-order valence-corrected chi connectivity index (χ0v) is 16.2. The van der Waals surface area contributed by atoms with Gasteiger partial charge in [-0.25, -0.2) is 13.2 Å². The number of ether oxygens (including phenoxy) is 1. The highest BCUT2D eigenvalue weighted by Gasteiger charge is 2.31. The molecule has 23 heavy (non-hydrogen) atoms. The van der Waals surface area contributed by atoms with Crippen LogP contribution in [0.5, 0.6) is 0 Å². The maximum atomic E-state index is 12.2. The number of hydrogen-bond donors (Lipinski definition) is 1. The molecule has 0 rings (SSSR count). The molecule has 0 heterocycles. The van der Waals surface area contributed by atoms with Crippen LogP contribution in [0.25, 0.3) is 0 Å². The van der Waals surface area contributed by atoms with Crippen molar-refractivity contribution in [3.63, 3.8) is 0 Å². The Balaban J connectivity index is 4.33. The monoisotopic (exact) mass is 373 g/mol. The van der Waals surface area contributed by atoms with Crippen molar-refractivity contribution < 1.29 is 31.6 Å². The Kier molecular flexibility index (Phi) is 9.35. The lowest BCUT2D eigenvalue weighted by Gasteiger charge is -2.19. The van der Waals surface area contributed by atoms with E-state index in [1.807, 2.05) is 0 Å². The van der Waals surface area contributed by atoms with Gasteiger partial charge in [-0.3, -0.25) is 4.57 Å². The number of rotatable bonds is 10. The Morgan fingerprint density at radius 3 is 2.09 bits per heavy atom. The van der Waals surface area contributed by atoms with E-state index in [1.165, 1.54) is 0 Å². The average Bonchev–Trinajstić information content (AvgIpc) is 2.32. The number of hydrogen-bond acceptors (Lipinski definition) is 7. The lowest BCUT2D eigenvalue weighted by atomic mass is 10.2. The molecule has 0 unspecified atom stereocenters. The van der Waals surface area contributed by atoms with Gasteiger partial charge in [-0.05, 0) is 41.0 Å². The van der Waals surface area contributed by atoms with E-state index in [9.17, 15) is 17.8 Å². The summed E-state index contributed by atoms with van der Waals surface area (Å²) in [5.74, 6) is -0.229. The Labute approximate surface area is 138 Å². The summed E-state index contributed by atoms with van der Waals surface area (Å²) in [4.78, 5) is 11.4. The van der Waals surface area contributed by atoms with Gasteiger partial charge in [0.2, 0.25) is 0 Å². The number of nitrogens with one attached hydrogen (secondary N) is 1. The molecule has 0 aromatic heterocycles. The van der Waals surface area contributed by atoms with Crippen LogP contribution in [0.2, 0.25) is 0 Å². The molecule has 0 aromatic carbocycles. The Bertz CT molecular complexity index is 503. The van der Waals surface area contributed by atoms with Crippen LogP contribution < -0.4 is 5.32 Å². The summed E-state index contributed by atoms with van der Waals surface area (Å²) >= 11 is 0. The van der Waals surface area contributed by atoms with Gasteiger partial charge in [0.15, 0.2) is 15.3 Å². The van der Waals surface area contributed by atoms with Gasteiger partial charge in [0.1, 0.15) is 5.60 Å². The van der Waals surface area contributed by atoms with Crippen LogP contribution in [-0.4, -0.2) is 51.1 Å². The molecule has 8 nitrogen and oxygen atoms in total. The first-order valence-corrected chi connectivity index (χ1v) is 11.0. The van der Waals surface area contributed by atoms with Crippen LogP contribution in [0.15, 0.2) is 0 Å². The average molecular weight is 373 g/mol. The highest BCUT2D eigenvalue weighted by atomic mass is 32.2. The van der Waals surface area contributed by atoms with Gasteiger partial charge in [0, 0.05) is 6.54 Å². The summed E-state index contributed by atoms with van der Waals surface area (Å²) in [5, 5.41) is 2.47. The first-order valence-electron chi connectivity index (χ1n) is 7.48. The third kappa shape index (κ3) is 11.5. The van der Waals surface area contributed by atoms with E-state index in [0.717, 1.165) is 0 Å². The topological polar surface area (TPSA) is 108 Å². The smallest absolute Gasteiger partial charge is 0.407 e. The van der Waals surface area contributed by atoms with Crippen molar-refractivity contribution in [2.45, 2.75) is 46.6 Å². The normalized spacial score (nSPS) is 12.9. The van der Waals surface area contributed by atoms with Crippen LogP contribution in [0.3, 0.4) is 0 Å². The summed E-state index contributed by atoms with van der Waals surface area (Å²) in [6.45, 7) is 8.77. The molecule has 0 spiro atoms. The van der Waals surface area contributed by atoms with E-state index in [0.29, 0.717) is 0 Å². The zero-order chi connectivity index (χ0) is 18.1. The molecule has 0 aliphatic carbocycles. The molecule has 0 bridgehead atoms. The minimum atomic E-state index is -3.64. The number of carbonyl (C=O) groups excluding carboxylic acids is 1. The fourth-order valence-electron chi connectivity index (χ4n) is 1.61. The second-order valence-corrected chi connectivity index (χ2v) is 10.5. The van der Waals surface area contributed by atoms with Gasteiger partial charge in [0.25, 0.3) is 0 Å². The Morgan fingerprint density at radius 1 is 1.13 bits per heavy atom. The van der Waals surface area contributed by atoms with Gasteiger partial charge in [-0.1, -0.05) is 0 Å². The highest BCUT2D eigenvalue weighted by molar-refractivity contribution is 7.97. The van der Waals surface area contributed by atoms with Crippen molar-refractivity contribution in [1.29, 1.82) is 0 Å². The van der Waals surface area contributed by atoms with Gasteiger partial charge < -0.3 is 19.1 Å². The predicted molar refractivity (Wildman–Crippen MR) is 88.4 cm³/mol. The molecule has 0 saturated heterocycles. The second-order valence-electron chi connectivity index (χ2n) is 5.81. The molecule has 1 amide bonds. The minimum Gasteiger partial charge on any atom is -0.444 e. The van der Waals surface area contributed by atoms with Crippen LogP contribution in [0, 0.1) is 0 Å². The SMILES string of the molecule is CCOP(=O)(CS(=O)(=O)CCCNC(=O)OC(C)(C)C)OCC. The number of sulfone groups is 1. The first kappa shape index (κ1) is 22.4. The fraction of sp³-hybridized carbons (Fsp3) is 0.923. The van der Waals surface area contributed by atoms with Gasteiger partial charge >= 0.3 is 13.7 Å². The molecule has 0 radical (unpaired) electrons. The Morgan fingerprint density at radius 2 is 1.65 bits per heavy atom. The summed E-state index contributed by atoms with van der Waals surface area (Å²) in [6, 6.07) is 0. The van der Waals surface area contributed by atoms with E-state index in [4.69, 9.17) is 13.8 Å². The maximum absolute atomic E-state index is 12.2. The second kappa shape index (κ2) is 9.61. The molecule has 10 heteroatoms. The lowest BCUT2D eigenvalue weighted by molar-refractivity contribution is 0.0528. The van der Waals surface area contributed by atoms with E-state index >= 15 is 0 Å². The van der Waals surface area contributed by atoms with Crippen LogP contribution in [0.4, 0.5) is 4.79 Å². The lowest BCUT2D eigenvalue weighted by Crippen LogP contribution is -2.33. The molecule has 0 fully saturated rings. The van der Waals surface area contributed by atoms with Crippen LogP contribution in [0.1, 0.15) is 41.0 Å². The molecular formula is C13H28NO7PS. The summed E-state index contributed by atoms with van der Waals surface area (Å²) in [5.41, 5.74) is -1.27. The molecular weight excluding hydrogens is 345 g/mol. The quantitative estimate of drug-likeness (QED) is 0.463. The van der Waals surface area contributed by atoms with Gasteiger partial charge in [-0.2, -0.15) is 0 Å². The fourth-order valence-corrected chi connectivity index (χ4v) is 6.09. The van der Waals surface area contributed by atoms with Gasteiger partial charge in [0.05, 0.1) is 19.0 Å². The standard InChI is InChI=1S/C13H28NO7PS/c1-6-19-22(16,20-7-2)11-23(17,18)10-8-9-14-12(15)21-13(3,4)5/h6-11H2,1-5H3,(H,14,15). The zero-order valence-electron chi connectivity index (χ0n) is 14.5. The minimum absolute atomic E-state index is 0.104. The molecule has 0 aliphatic rings. The predicted octanol–water partition coefficient (Wildman–Crippen LogP) is 2.54. The number of alkyl carbamates (subject to hydrolysis) is 1. The highest BCUT2D eigenvalue weighted by Crippen LogP contribution is 2.49. The molecule has 0 aliphatic heterocycles. The third-order valence-corrected chi connectivity index (χ3v) is 7.36. The van der Waals surface area contributed by atoms with E-state index in [1.54, 1.807) is 34.6 Å². The Hall–Kier alpha value is -0.630.